The first kappa shape index (κ1) is 20.2. The van der Waals surface area contributed by atoms with Crippen molar-refractivity contribution in [2.24, 2.45) is 0 Å². The van der Waals surface area contributed by atoms with Gasteiger partial charge in [0.15, 0.2) is 0 Å². The topological polar surface area (TPSA) is 73.2 Å². The molecule has 2 aromatic rings. The molecular weight excluding hydrogens is 356 g/mol. The van der Waals surface area contributed by atoms with Crippen molar-refractivity contribution >= 4 is 5.91 Å². The highest BCUT2D eigenvalue weighted by molar-refractivity contribution is 5.94. The van der Waals surface area contributed by atoms with Gasteiger partial charge in [-0.3, -0.25) is 9.69 Å². The summed E-state index contributed by atoms with van der Waals surface area (Å²) in [6.45, 7) is 5.45. The summed E-state index contributed by atoms with van der Waals surface area (Å²) in [6.07, 6.45) is 0.621. The fourth-order valence-electron chi connectivity index (χ4n) is 3.59. The van der Waals surface area contributed by atoms with Crippen molar-refractivity contribution in [2.45, 2.75) is 25.9 Å². The lowest BCUT2D eigenvalue weighted by atomic mass is 10.1. The maximum Gasteiger partial charge on any atom is 0.253 e. The molecule has 1 aliphatic rings. The lowest BCUT2D eigenvalue weighted by molar-refractivity contribution is 0.0395. The number of hydrogen-bond donors (Lipinski definition) is 2. The van der Waals surface area contributed by atoms with Crippen molar-refractivity contribution in [1.29, 1.82) is 0 Å². The third kappa shape index (κ3) is 5.03. The molecule has 0 spiro atoms. The molecule has 1 heterocycles. The molecule has 6 nitrogen and oxygen atoms in total. The van der Waals surface area contributed by atoms with Crippen molar-refractivity contribution in [1.82, 2.24) is 9.80 Å². The van der Waals surface area contributed by atoms with Gasteiger partial charge in [0.25, 0.3) is 5.91 Å². The van der Waals surface area contributed by atoms with Crippen LogP contribution in [0.5, 0.6) is 11.5 Å². The fraction of sp³-hybridized carbons (Fsp3) is 0.409. The Morgan fingerprint density at radius 1 is 1.11 bits per heavy atom. The highest BCUT2D eigenvalue weighted by Gasteiger charge is 2.29. The number of piperazine rings is 1. The molecule has 0 aliphatic carbocycles. The van der Waals surface area contributed by atoms with Crippen LogP contribution in [0.2, 0.25) is 0 Å². The van der Waals surface area contributed by atoms with E-state index in [1.54, 1.807) is 12.1 Å². The molecule has 1 atom stereocenters. The molecular formula is C22H28N2O4. The van der Waals surface area contributed by atoms with E-state index in [1.807, 2.05) is 24.0 Å². The van der Waals surface area contributed by atoms with E-state index < -0.39 is 0 Å². The van der Waals surface area contributed by atoms with Crippen molar-refractivity contribution < 1.29 is 19.7 Å². The summed E-state index contributed by atoms with van der Waals surface area (Å²) < 4.78 is 5.49. The summed E-state index contributed by atoms with van der Waals surface area (Å²) in [7, 11) is 0. The molecule has 1 unspecified atom stereocenters. The van der Waals surface area contributed by atoms with Gasteiger partial charge in [-0.25, -0.2) is 0 Å². The molecule has 1 fully saturated rings. The Morgan fingerprint density at radius 3 is 2.46 bits per heavy atom. The molecule has 1 saturated heterocycles. The maximum absolute atomic E-state index is 12.8. The summed E-state index contributed by atoms with van der Waals surface area (Å²) in [5.74, 6) is 0.973. The first-order chi connectivity index (χ1) is 13.6. The van der Waals surface area contributed by atoms with Gasteiger partial charge in [0.2, 0.25) is 0 Å². The van der Waals surface area contributed by atoms with Crippen LogP contribution in [0.1, 0.15) is 29.3 Å². The van der Waals surface area contributed by atoms with Gasteiger partial charge in [0.05, 0.1) is 6.61 Å². The Labute approximate surface area is 166 Å². The van der Waals surface area contributed by atoms with Crippen LogP contribution in [-0.2, 0) is 6.54 Å². The third-order valence-corrected chi connectivity index (χ3v) is 5.09. The van der Waals surface area contributed by atoms with Gasteiger partial charge in [-0.2, -0.15) is 0 Å². The van der Waals surface area contributed by atoms with Gasteiger partial charge in [-0.15, -0.1) is 0 Å². The van der Waals surface area contributed by atoms with Crippen LogP contribution < -0.4 is 4.74 Å². The minimum atomic E-state index is -0.0383. The Morgan fingerprint density at radius 2 is 1.82 bits per heavy atom. The number of carbonyl (C=O) groups excluding carboxylic acids is 1. The minimum Gasteiger partial charge on any atom is -0.508 e. The number of aliphatic hydroxyl groups is 1. The fourth-order valence-corrected chi connectivity index (χ4v) is 3.59. The van der Waals surface area contributed by atoms with E-state index in [1.165, 1.54) is 17.7 Å². The zero-order valence-electron chi connectivity index (χ0n) is 16.3. The first-order valence-electron chi connectivity index (χ1n) is 9.75. The SMILES string of the molecule is CCOc1ccc(CN2CCN(C(=O)c3ccc(O)cc3)CC2CCO)cc1. The lowest BCUT2D eigenvalue weighted by Crippen LogP contribution is -2.54. The number of phenolic OH excluding ortho intramolecular Hbond substituents is 1. The van der Waals surface area contributed by atoms with E-state index in [4.69, 9.17) is 4.74 Å². The normalized spacial score (nSPS) is 17.5. The number of aliphatic hydroxyl groups excluding tert-OH is 1. The largest absolute Gasteiger partial charge is 0.508 e. The quantitative estimate of drug-likeness (QED) is 0.767. The van der Waals surface area contributed by atoms with E-state index in [9.17, 15) is 15.0 Å². The molecule has 0 radical (unpaired) electrons. The van der Waals surface area contributed by atoms with Gasteiger partial charge in [0, 0.05) is 44.4 Å². The molecule has 0 saturated carbocycles. The summed E-state index contributed by atoms with van der Waals surface area (Å²) in [4.78, 5) is 16.9. The van der Waals surface area contributed by atoms with E-state index in [-0.39, 0.29) is 24.3 Å². The van der Waals surface area contributed by atoms with Crippen LogP contribution in [-0.4, -0.2) is 64.8 Å². The molecule has 28 heavy (non-hydrogen) atoms. The second-order valence-electron chi connectivity index (χ2n) is 7.01. The minimum absolute atomic E-state index is 0.0383. The molecule has 6 heteroatoms. The number of aromatic hydroxyl groups is 1. The van der Waals surface area contributed by atoms with Gasteiger partial charge >= 0.3 is 0 Å². The summed E-state index contributed by atoms with van der Waals surface area (Å²) in [5.41, 5.74) is 1.75. The molecule has 2 aromatic carbocycles. The van der Waals surface area contributed by atoms with E-state index in [2.05, 4.69) is 17.0 Å². The second kappa shape index (κ2) is 9.57. The molecule has 1 amide bonds. The van der Waals surface area contributed by atoms with Crippen molar-refractivity contribution in [3.63, 3.8) is 0 Å². The molecule has 150 valence electrons. The number of phenols is 1. The highest BCUT2D eigenvalue weighted by Crippen LogP contribution is 2.20. The predicted octanol–water partition coefficient (Wildman–Crippen LogP) is 2.50. The number of ether oxygens (including phenoxy) is 1. The van der Waals surface area contributed by atoms with E-state index in [0.29, 0.717) is 31.7 Å². The number of benzene rings is 2. The summed E-state index contributed by atoms with van der Waals surface area (Å²) in [5, 5.41) is 18.9. The van der Waals surface area contributed by atoms with Crippen LogP contribution in [0.3, 0.4) is 0 Å². The number of rotatable bonds is 7. The predicted molar refractivity (Wildman–Crippen MR) is 108 cm³/mol. The maximum atomic E-state index is 12.8. The Hall–Kier alpha value is -2.57. The van der Waals surface area contributed by atoms with Gasteiger partial charge in [-0.1, -0.05) is 12.1 Å². The third-order valence-electron chi connectivity index (χ3n) is 5.09. The zero-order valence-corrected chi connectivity index (χ0v) is 16.3. The van der Waals surface area contributed by atoms with Crippen LogP contribution in [0.4, 0.5) is 0 Å². The van der Waals surface area contributed by atoms with Crippen LogP contribution in [0, 0.1) is 0 Å². The first-order valence-corrected chi connectivity index (χ1v) is 9.75. The smallest absolute Gasteiger partial charge is 0.253 e. The Balaban J connectivity index is 1.65. The number of hydrogen-bond acceptors (Lipinski definition) is 5. The number of nitrogens with zero attached hydrogens (tertiary/aromatic N) is 2. The molecule has 0 aromatic heterocycles. The lowest BCUT2D eigenvalue weighted by Gasteiger charge is -2.41. The summed E-state index contributed by atoms with van der Waals surface area (Å²) in [6, 6.07) is 14.5. The molecule has 1 aliphatic heterocycles. The van der Waals surface area contributed by atoms with Crippen LogP contribution in [0.25, 0.3) is 0 Å². The average Bonchev–Trinajstić information content (AvgIpc) is 2.71. The summed E-state index contributed by atoms with van der Waals surface area (Å²) >= 11 is 0. The van der Waals surface area contributed by atoms with Gasteiger partial charge in [0.1, 0.15) is 11.5 Å². The zero-order chi connectivity index (χ0) is 19.9. The standard InChI is InChI=1S/C22H28N2O4/c1-2-28-21-9-3-17(4-10-21)15-23-12-13-24(16-19(23)11-14-25)22(27)18-5-7-20(26)8-6-18/h3-10,19,25-26H,2,11-16H2,1H3. The second-order valence-corrected chi connectivity index (χ2v) is 7.01. The van der Waals surface area contributed by atoms with Crippen LogP contribution in [0.15, 0.2) is 48.5 Å². The monoisotopic (exact) mass is 384 g/mol. The molecule has 2 N–H and O–H groups in total. The Kier molecular flexibility index (Phi) is 6.90. The number of amides is 1. The highest BCUT2D eigenvalue weighted by atomic mass is 16.5. The molecule has 0 bridgehead atoms. The van der Waals surface area contributed by atoms with Gasteiger partial charge in [-0.05, 0) is 55.3 Å². The van der Waals surface area contributed by atoms with Gasteiger partial charge < -0.3 is 19.8 Å². The Bertz CT molecular complexity index is 761. The van der Waals surface area contributed by atoms with Crippen LogP contribution >= 0.6 is 0 Å². The average molecular weight is 384 g/mol. The van der Waals surface area contributed by atoms with Crippen molar-refractivity contribution in [2.75, 3.05) is 32.8 Å². The molecule has 3 rings (SSSR count). The van der Waals surface area contributed by atoms with Crippen molar-refractivity contribution in [3.8, 4) is 11.5 Å². The van der Waals surface area contributed by atoms with E-state index in [0.717, 1.165) is 18.8 Å². The number of carbonyl (C=O) groups is 1. The van der Waals surface area contributed by atoms with Crippen molar-refractivity contribution in [3.05, 3.63) is 59.7 Å². The van der Waals surface area contributed by atoms with E-state index >= 15 is 0 Å².